The van der Waals surface area contributed by atoms with Crippen LogP contribution in [-0.2, 0) is 10.2 Å². The summed E-state index contributed by atoms with van der Waals surface area (Å²) in [5.41, 5.74) is 0.741. The SMILES string of the molecule is CN1CCC(C(=O)O)(c2ncsn2)CC1. The number of carboxylic acids is 1. The Balaban J connectivity index is 2.30. The number of carbonyl (C=O) groups is 1. The van der Waals surface area contributed by atoms with Gasteiger partial charge in [0.2, 0.25) is 0 Å². The van der Waals surface area contributed by atoms with Crippen LogP contribution in [0.5, 0.6) is 0 Å². The predicted octanol–water partition coefficient (Wildman–Crippen LogP) is 0.586. The number of hydrogen-bond acceptors (Lipinski definition) is 5. The van der Waals surface area contributed by atoms with Crippen molar-refractivity contribution in [2.75, 3.05) is 20.1 Å². The zero-order chi connectivity index (χ0) is 10.9. The van der Waals surface area contributed by atoms with Gasteiger partial charge in [0.15, 0.2) is 5.82 Å². The fourth-order valence-corrected chi connectivity index (χ4v) is 2.43. The van der Waals surface area contributed by atoms with Crippen LogP contribution in [0, 0.1) is 0 Å². The second-order valence-electron chi connectivity index (χ2n) is 3.95. The first-order valence-corrected chi connectivity index (χ1v) is 5.67. The Morgan fingerprint density at radius 1 is 1.60 bits per heavy atom. The smallest absolute Gasteiger partial charge is 0.317 e. The Morgan fingerprint density at radius 3 is 2.73 bits per heavy atom. The third-order valence-corrected chi connectivity index (χ3v) is 3.52. The Morgan fingerprint density at radius 2 is 2.27 bits per heavy atom. The summed E-state index contributed by atoms with van der Waals surface area (Å²) in [6.45, 7) is 1.57. The number of aliphatic carboxylic acids is 1. The third kappa shape index (κ3) is 1.74. The van der Waals surface area contributed by atoms with Crippen molar-refractivity contribution in [1.29, 1.82) is 0 Å². The fourth-order valence-electron chi connectivity index (χ4n) is 1.91. The molecule has 0 atom stereocenters. The predicted molar refractivity (Wildman–Crippen MR) is 56.0 cm³/mol. The van der Waals surface area contributed by atoms with Gasteiger partial charge >= 0.3 is 5.97 Å². The molecule has 0 radical (unpaired) electrons. The summed E-state index contributed by atoms with van der Waals surface area (Å²) in [7, 11) is 2.00. The average Bonchev–Trinajstić information content (AvgIpc) is 2.72. The van der Waals surface area contributed by atoms with Crippen molar-refractivity contribution < 1.29 is 9.90 Å². The first kappa shape index (κ1) is 10.5. The maximum Gasteiger partial charge on any atom is 0.317 e. The van der Waals surface area contributed by atoms with E-state index in [1.54, 1.807) is 5.51 Å². The molecule has 1 aromatic heterocycles. The number of piperidine rings is 1. The summed E-state index contributed by atoms with van der Waals surface area (Å²) < 4.78 is 4.09. The van der Waals surface area contributed by atoms with Crippen LogP contribution in [0.1, 0.15) is 18.7 Å². The molecule has 5 nitrogen and oxygen atoms in total. The van der Waals surface area contributed by atoms with Gasteiger partial charge < -0.3 is 10.0 Å². The Bertz CT molecular complexity index is 344. The first-order chi connectivity index (χ1) is 7.15. The van der Waals surface area contributed by atoms with Crippen molar-refractivity contribution >= 4 is 17.5 Å². The van der Waals surface area contributed by atoms with E-state index in [1.807, 2.05) is 7.05 Å². The second kappa shape index (κ2) is 3.86. The van der Waals surface area contributed by atoms with Gasteiger partial charge in [0.1, 0.15) is 10.9 Å². The van der Waals surface area contributed by atoms with Crippen LogP contribution in [-0.4, -0.2) is 45.5 Å². The molecule has 0 saturated carbocycles. The van der Waals surface area contributed by atoms with Crippen LogP contribution < -0.4 is 0 Å². The van der Waals surface area contributed by atoms with E-state index >= 15 is 0 Å². The second-order valence-corrected chi connectivity index (χ2v) is 4.55. The van der Waals surface area contributed by atoms with Gasteiger partial charge in [-0.15, -0.1) is 0 Å². The first-order valence-electron chi connectivity index (χ1n) is 4.84. The molecule has 1 aliphatic rings. The maximum atomic E-state index is 11.4. The van der Waals surface area contributed by atoms with Crippen LogP contribution in [0.4, 0.5) is 0 Å². The number of rotatable bonds is 2. The number of aromatic nitrogens is 2. The summed E-state index contributed by atoms with van der Waals surface area (Å²) in [4.78, 5) is 17.6. The standard InChI is InChI=1S/C9H13N3O2S/c1-12-4-2-9(3-5-12,8(13)14)7-10-6-15-11-7/h6H,2-5H2,1H3,(H,13,14). The van der Waals surface area contributed by atoms with Gasteiger partial charge in [0.25, 0.3) is 0 Å². The summed E-state index contributed by atoms with van der Waals surface area (Å²) in [6.07, 6.45) is 1.19. The van der Waals surface area contributed by atoms with E-state index in [-0.39, 0.29) is 0 Å². The summed E-state index contributed by atoms with van der Waals surface area (Å²) in [5.74, 6) is -0.317. The number of likely N-dealkylation sites (tertiary alicyclic amines) is 1. The molecule has 0 unspecified atom stereocenters. The zero-order valence-electron chi connectivity index (χ0n) is 8.51. The lowest BCUT2D eigenvalue weighted by atomic mass is 9.78. The van der Waals surface area contributed by atoms with Crippen molar-refractivity contribution in [3.05, 3.63) is 11.3 Å². The monoisotopic (exact) mass is 227 g/mol. The number of hydrogen-bond donors (Lipinski definition) is 1. The van der Waals surface area contributed by atoms with E-state index in [1.165, 1.54) is 11.5 Å². The van der Waals surface area contributed by atoms with E-state index in [0.29, 0.717) is 18.7 Å². The van der Waals surface area contributed by atoms with Crippen molar-refractivity contribution in [3.63, 3.8) is 0 Å². The van der Waals surface area contributed by atoms with Gasteiger partial charge in [-0.2, -0.15) is 4.37 Å². The highest BCUT2D eigenvalue weighted by atomic mass is 32.1. The summed E-state index contributed by atoms with van der Waals surface area (Å²) in [5, 5.41) is 9.35. The van der Waals surface area contributed by atoms with Crippen molar-refractivity contribution in [2.24, 2.45) is 0 Å². The van der Waals surface area contributed by atoms with Crippen LogP contribution >= 0.6 is 11.5 Å². The van der Waals surface area contributed by atoms with Crippen LogP contribution in [0.25, 0.3) is 0 Å². The molecule has 0 aliphatic carbocycles. The van der Waals surface area contributed by atoms with Crippen molar-refractivity contribution in [2.45, 2.75) is 18.3 Å². The Hall–Kier alpha value is -1.01. The van der Waals surface area contributed by atoms with Crippen molar-refractivity contribution in [3.8, 4) is 0 Å². The molecule has 0 aromatic carbocycles. The molecule has 2 rings (SSSR count). The van der Waals surface area contributed by atoms with Gasteiger partial charge in [-0.3, -0.25) is 4.79 Å². The normalized spacial score (nSPS) is 21.4. The van der Waals surface area contributed by atoms with E-state index in [9.17, 15) is 9.90 Å². The van der Waals surface area contributed by atoms with E-state index in [0.717, 1.165) is 13.1 Å². The molecule has 0 spiro atoms. The van der Waals surface area contributed by atoms with Crippen LogP contribution in [0.15, 0.2) is 5.51 Å². The van der Waals surface area contributed by atoms with Gasteiger partial charge in [0.05, 0.1) is 0 Å². The quantitative estimate of drug-likeness (QED) is 0.800. The van der Waals surface area contributed by atoms with Gasteiger partial charge in [-0.05, 0) is 44.5 Å². The van der Waals surface area contributed by atoms with Crippen molar-refractivity contribution in [1.82, 2.24) is 14.3 Å². The molecule has 1 N–H and O–H groups in total. The lowest BCUT2D eigenvalue weighted by Crippen LogP contribution is -2.46. The summed E-state index contributed by atoms with van der Waals surface area (Å²) in [6, 6.07) is 0. The van der Waals surface area contributed by atoms with E-state index < -0.39 is 11.4 Å². The number of nitrogens with zero attached hydrogens (tertiary/aromatic N) is 3. The minimum atomic E-state index is -0.855. The molecule has 2 heterocycles. The fraction of sp³-hybridized carbons (Fsp3) is 0.667. The lowest BCUT2D eigenvalue weighted by molar-refractivity contribution is -0.146. The molecule has 1 aliphatic heterocycles. The maximum absolute atomic E-state index is 11.4. The van der Waals surface area contributed by atoms with E-state index in [2.05, 4.69) is 14.3 Å². The van der Waals surface area contributed by atoms with Gasteiger partial charge in [-0.25, -0.2) is 4.98 Å². The highest BCUT2D eigenvalue weighted by Gasteiger charge is 2.45. The molecule has 1 saturated heterocycles. The molecular formula is C9H13N3O2S. The van der Waals surface area contributed by atoms with Gasteiger partial charge in [-0.1, -0.05) is 0 Å². The molecule has 0 amide bonds. The highest BCUT2D eigenvalue weighted by Crippen LogP contribution is 2.33. The van der Waals surface area contributed by atoms with Gasteiger partial charge in [0, 0.05) is 0 Å². The molecule has 0 bridgehead atoms. The molecule has 1 fully saturated rings. The van der Waals surface area contributed by atoms with E-state index in [4.69, 9.17) is 0 Å². The molecule has 15 heavy (non-hydrogen) atoms. The topological polar surface area (TPSA) is 66.3 Å². The summed E-state index contributed by atoms with van der Waals surface area (Å²) >= 11 is 1.21. The van der Waals surface area contributed by atoms with Crippen LogP contribution in [0.3, 0.4) is 0 Å². The molecule has 82 valence electrons. The zero-order valence-corrected chi connectivity index (χ0v) is 9.33. The third-order valence-electron chi connectivity index (χ3n) is 3.04. The average molecular weight is 227 g/mol. The molecular weight excluding hydrogens is 214 g/mol. The highest BCUT2D eigenvalue weighted by molar-refractivity contribution is 7.03. The minimum Gasteiger partial charge on any atom is -0.480 e. The van der Waals surface area contributed by atoms with Crippen LogP contribution in [0.2, 0.25) is 0 Å². The molecule has 1 aromatic rings. The Kier molecular flexibility index (Phi) is 2.70. The molecule has 6 heteroatoms. The largest absolute Gasteiger partial charge is 0.480 e. The minimum absolute atomic E-state index is 0.480. The lowest BCUT2D eigenvalue weighted by Gasteiger charge is -2.35. The Labute approximate surface area is 91.9 Å². The number of carboxylic acid groups (broad SMARTS) is 1.